The van der Waals surface area contributed by atoms with Gasteiger partial charge in [-0.25, -0.2) is 0 Å². The van der Waals surface area contributed by atoms with Gasteiger partial charge in [0.1, 0.15) is 5.58 Å². The van der Waals surface area contributed by atoms with E-state index in [9.17, 15) is 9.59 Å². The third kappa shape index (κ3) is 3.09. The molecule has 4 rings (SSSR count). The molecule has 1 amide bonds. The highest BCUT2D eigenvalue weighted by Gasteiger charge is 2.42. The van der Waals surface area contributed by atoms with E-state index in [4.69, 9.17) is 9.15 Å². The van der Waals surface area contributed by atoms with Gasteiger partial charge in [-0.05, 0) is 36.2 Å². The third-order valence-corrected chi connectivity index (χ3v) is 5.34. The fourth-order valence-corrected chi connectivity index (χ4v) is 3.83. The molecule has 1 atom stereocenters. The van der Waals surface area contributed by atoms with Crippen LogP contribution in [0.3, 0.4) is 0 Å². The van der Waals surface area contributed by atoms with E-state index in [1.54, 1.807) is 36.3 Å². The monoisotopic (exact) mass is 427 g/mol. The first kappa shape index (κ1) is 17.9. The smallest absolute Gasteiger partial charge is 0.290 e. The van der Waals surface area contributed by atoms with Crippen molar-refractivity contribution in [1.29, 1.82) is 0 Å². The lowest BCUT2D eigenvalue weighted by atomic mass is 9.98. The molecule has 138 valence electrons. The van der Waals surface area contributed by atoms with Crippen molar-refractivity contribution < 1.29 is 13.9 Å². The molecule has 3 aromatic rings. The lowest BCUT2D eigenvalue weighted by Gasteiger charge is -2.25. The third-order valence-electron chi connectivity index (χ3n) is 4.81. The Kier molecular flexibility index (Phi) is 4.85. The average Bonchev–Trinajstić information content (AvgIpc) is 2.96. The Morgan fingerprint density at radius 2 is 1.85 bits per heavy atom. The number of methoxy groups -OCH3 is 1. The number of amides is 1. The maximum absolute atomic E-state index is 13.2. The molecule has 0 saturated heterocycles. The number of hydrogen-bond acceptors (Lipinski definition) is 4. The van der Waals surface area contributed by atoms with Crippen molar-refractivity contribution in [3.8, 4) is 0 Å². The highest BCUT2D eigenvalue weighted by Crippen LogP contribution is 2.38. The maximum atomic E-state index is 13.2. The molecule has 2 aromatic carbocycles. The van der Waals surface area contributed by atoms with Crippen molar-refractivity contribution in [1.82, 2.24) is 4.90 Å². The Bertz CT molecular complexity index is 1060. The van der Waals surface area contributed by atoms with Gasteiger partial charge in [0, 0.05) is 24.7 Å². The molecular formula is C21H18BrNO4. The lowest BCUT2D eigenvalue weighted by molar-refractivity contribution is 0.0708. The Labute approximate surface area is 164 Å². The van der Waals surface area contributed by atoms with Crippen LogP contribution in [0.1, 0.15) is 34.1 Å². The number of para-hydroxylation sites is 1. The summed E-state index contributed by atoms with van der Waals surface area (Å²) in [5.74, 6) is -0.110. The molecule has 6 heteroatoms. The highest BCUT2D eigenvalue weighted by atomic mass is 79.9. The van der Waals surface area contributed by atoms with E-state index in [0.29, 0.717) is 36.1 Å². The van der Waals surface area contributed by atoms with Gasteiger partial charge >= 0.3 is 0 Å². The zero-order chi connectivity index (χ0) is 19.0. The molecule has 0 radical (unpaired) electrons. The van der Waals surface area contributed by atoms with E-state index in [1.165, 1.54) is 0 Å². The Balaban J connectivity index is 1.90. The van der Waals surface area contributed by atoms with Crippen LogP contribution in [-0.4, -0.2) is 31.1 Å². The van der Waals surface area contributed by atoms with Gasteiger partial charge in [-0.3, -0.25) is 9.59 Å². The van der Waals surface area contributed by atoms with Gasteiger partial charge in [-0.2, -0.15) is 0 Å². The fraction of sp³-hybridized carbons (Fsp3) is 0.238. The number of hydrogen-bond donors (Lipinski definition) is 0. The largest absolute Gasteiger partial charge is 0.450 e. The zero-order valence-electron chi connectivity index (χ0n) is 14.8. The molecule has 2 heterocycles. The molecule has 0 aliphatic carbocycles. The minimum atomic E-state index is -0.460. The van der Waals surface area contributed by atoms with Gasteiger partial charge in [-0.1, -0.05) is 40.2 Å². The van der Waals surface area contributed by atoms with Crippen LogP contribution >= 0.6 is 15.9 Å². The summed E-state index contributed by atoms with van der Waals surface area (Å²) < 4.78 is 11.9. The molecule has 1 aliphatic heterocycles. The molecule has 5 nitrogen and oxygen atoms in total. The summed E-state index contributed by atoms with van der Waals surface area (Å²) in [6, 6.07) is 14.3. The van der Waals surface area contributed by atoms with Crippen LogP contribution in [0.25, 0.3) is 11.0 Å². The van der Waals surface area contributed by atoms with Crippen molar-refractivity contribution >= 4 is 32.8 Å². The van der Waals surface area contributed by atoms with Crippen LogP contribution in [-0.2, 0) is 4.74 Å². The lowest BCUT2D eigenvalue weighted by Crippen LogP contribution is -2.31. The maximum Gasteiger partial charge on any atom is 0.290 e. The summed E-state index contributed by atoms with van der Waals surface area (Å²) >= 11 is 3.43. The summed E-state index contributed by atoms with van der Waals surface area (Å²) in [6.07, 6.45) is 0.678. The van der Waals surface area contributed by atoms with Gasteiger partial charge in [0.05, 0.1) is 17.0 Å². The molecule has 0 N–H and O–H groups in total. The minimum absolute atomic E-state index is 0.143. The van der Waals surface area contributed by atoms with Crippen LogP contribution in [0, 0.1) is 0 Å². The summed E-state index contributed by atoms with van der Waals surface area (Å²) in [6.45, 7) is 1.02. The van der Waals surface area contributed by atoms with E-state index in [1.807, 2.05) is 24.3 Å². The topological polar surface area (TPSA) is 59.8 Å². The number of rotatable bonds is 5. The molecular weight excluding hydrogens is 410 g/mol. The standard InChI is InChI=1S/C21H18BrNO4/c1-26-12-4-11-23-18(13-7-9-14(22)10-8-13)17-19(24)15-5-2-3-6-16(15)27-20(17)21(23)25/h2-3,5-10,18H,4,11-12H2,1H3. The van der Waals surface area contributed by atoms with Crippen LogP contribution in [0.15, 0.2) is 62.2 Å². The van der Waals surface area contributed by atoms with Gasteiger partial charge in [0.2, 0.25) is 5.76 Å². The van der Waals surface area contributed by atoms with Crippen LogP contribution in [0.2, 0.25) is 0 Å². The normalized spacial score (nSPS) is 16.1. The van der Waals surface area contributed by atoms with Crippen LogP contribution in [0.4, 0.5) is 0 Å². The van der Waals surface area contributed by atoms with E-state index < -0.39 is 6.04 Å². The Morgan fingerprint density at radius 1 is 1.11 bits per heavy atom. The van der Waals surface area contributed by atoms with E-state index >= 15 is 0 Å². The summed E-state index contributed by atoms with van der Waals surface area (Å²) in [7, 11) is 1.63. The van der Waals surface area contributed by atoms with Gasteiger partial charge in [-0.15, -0.1) is 0 Å². The molecule has 0 bridgehead atoms. The molecule has 0 spiro atoms. The number of fused-ring (bicyclic) bond motifs is 2. The fourth-order valence-electron chi connectivity index (χ4n) is 3.57. The number of carbonyl (C=O) groups is 1. The molecule has 1 aliphatic rings. The number of carbonyl (C=O) groups excluding carboxylic acids is 1. The average molecular weight is 428 g/mol. The second-order valence-corrected chi connectivity index (χ2v) is 7.38. The zero-order valence-corrected chi connectivity index (χ0v) is 16.4. The number of nitrogens with zero attached hydrogens (tertiary/aromatic N) is 1. The van der Waals surface area contributed by atoms with Crippen LogP contribution < -0.4 is 5.43 Å². The highest BCUT2D eigenvalue weighted by molar-refractivity contribution is 9.10. The van der Waals surface area contributed by atoms with Gasteiger partial charge in [0.15, 0.2) is 5.43 Å². The SMILES string of the molecule is COCCCN1C(=O)c2oc3ccccc3c(=O)c2C1c1ccc(Br)cc1. The van der Waals surface area contributed by atoms with E-state index in [2.05, 4.69) is 15.9 Å². The first-order chi connectivity index (χ1) is 13.1. The molecule has 27 heavy (non-hydrogen) atoms. The second-order valence-electron chi connectivity index (χ2n) is 6.47. The quantitative estimate of drug-likeness (QED) is 0.574. The first-order valence-electron chi connectivity index (χ1n) is 8.73. The van der Waals surface area contributed by atoms with E-state index in [0.717, 1.165) is 10.0 Å². The molecule has 1 unspecified atom stereocenters. The predicted molar refractivity (Wildman–Crippen MR) is 106 cm³/mol. The summed E-state index contributed by atoms with van der Waals surface area (Å²) in [4.78, 5) is 28.0. The number of ether oxygens (including phenoxy) is 1. The van der Waals surface area contributed by atoms with Gasteiger partial charge in [0.25, 0.3) is 5.91 Å². The van der Waals surface area contributed by atoms with Crippen molar-refractivity contribution in [3.05, 3.63) is 80.1 Å². The Morgan fingerprint density at radius 3 is 2.59 bits per heavy atom. The minimum Gasteiger partial charge on any atom is -0.450 e. The van der Waals surface area contributed by atoms with Gasteiger partial charge < -0.3 is 14.1 Å². The summed E-state index contributed by atoms with van der Waals surface area (Å²) in [5, 5.41) is 0.491. The second kappa shape index (κ2) is 7.29. The summed E-state index contributed by atoms with van der Waals surface area (Å²) in [5.41, 5.74) is 1.58. The van der Waals surface area contributed by atoms with E-state index in [-0.39, 0.29) is 17.1 Å². The number of halogens is 1. The predicted octanol–water partition coefficient (Wildman–Crippen LogP) is 4.14. The first-order valence-corrected chi connectivity index (χ1v) is 9.52. The van der Waals surface area contributed by atoms with Crippen LogP contribution in [0.5, 0.6) is 0 Å². The van der Waals surface area contributed by atoms with Crippen molar-refractivity contribution in [2.75, 3.05) is 20.3 Å². The van der Waals surface area contributed by atoms with Crippen molar-refractivity contribution in [3.63, 3.8) is 0 Å². The van der Waals surface area contributed by atoms with Crippen molar-refractivity contribution in [2.45, 2.75) is 12.5 Å². The number of benzene rings is 2. The molecule has 0 saturated carbocycles. The van der Waals surface area contributed by atoms with Crippen molar-refractivity contribution in [2.24, 2.45) is 0 Å². The molecule has 0 fully saturated rings. The Hall–Kier alpha value is -2.44. The molecule has 1 aromatic heterocycles.